The van der Waals surface area contributed by atoms with Crippen molar-refractivity contribution >= 4 is 34.1 Å². The second-order valence-electron chi connectivity index (χ2n) is 6.76. The van der Waals surface area contributed by atoms with Gasteiger partial charge in [0.1, 0.15) is 0 Å². The molecule has 1 amide bonds. The molecule has 0 bridgehead atoms. The van der Waals surface area contributed by atoms with Gasteiger partial charge in [-0.15, -0.1) is 10.2 Å². The molecule has 0 unspecified atom stereocenters. The highest BCUT2D eigenvalue weighted by Gasteiger charge is 2.17. The first-order valence-electron chi connectivity index (χ1n) is 9.21. The van der Waals surface area contributed by atoms with Crippen LogP contribution in [-0.4, -0.2) is 28.4 Å². The van der Waals surface area contributed by atoms with Crippen molar-refractivity contribution in [3.63, 3.8) is 0 Å². The molecular formula is C21H24N4OS2. The van der Waals surface area contributed by atoms with Gasteiger partial charge >= 0.3 is 0 Å². The van der Waals surface area contributed by atoms with Crippen molar-refractivity contribution in [1.82, 2.24) is 15.5 Å². The SMILES string of the molecule is CC(C)CNc1nnc(SCC(=O)NC(c2ccccc2)c2ccccc2)s1. The number of thioether (sulfide) groups is 1. The van der Waals surface area contributed by atoms with Gasteiger partial charge in [-0.2, -0.15) is 0 Å². The molecule has 0 radical (unpaired) electrons. The zero-order valence-electron chi connectivity index (χ0n) is 16.0. The molecule has 0 spiro atoms. The number of nitrogens with zero attached hydrogens (tertiary/aromatic N) is 2. The van der Waals surface area contributed by atoms with Gasteiger partial charge in [0.05, 0.1) is 11.8 Å². The third-order valence-corrected chi connectivity index (χ3v) is 5.98. The van der Waals surface area contributed by atoms with E-state index in [1.165, 1.54) is 23.1 Å². The minimum absolute atomic E-state index is 0.0328. The summed E-state index contributed by atoms with van der Waals surface area (Å²) >= 11 is 2.89. The summed E-state index contributed by atoms with van der Waals surface area (Å²) in [5.74, 6) is 0.808. The number of anilines is 1. The second kappa shape index (κ2) is 10.2. The van der Waals surface area contributed by atoms with E-state index in [4.69, 9.17) is 0 Å². The van der Waals surface area contributed by atoms with Crippen molar-refractivity contribution in [3.8, 4) is 0 Å². The fraction of sp³-hybridized carbons (Fsp3) is 0.286. The lowest BCUT2D eigenvalue weighted by Gasteiger charge is -2.19. The quantitative estimate of drug-likeness (QED) is 0.503. The minimum Gasteiger partial charge on any atom is -0.360 e. The number of hydrogen-bond donors (Lipinski definition) is 2. The molecule has 0 aliphatic carbocycles. The van der Waals surface area contributed by atoms with Crippen LogP contribution >= 0.6 is 23.1 Å². The summed E-state index contributed by atoms with van der Waals surface area (Å²) in [5.41, 5.74) is 2.12. The molecule has 2 aromatic carbocycles. The standard InChI is InChI=1S/C21H24N4OS2/c1-15(2)13-22-20-24-25-21(28-20)27-14-18(26)23-19(16-9-5-3-6-10-16)17-11-7-4-8-12-17/h3-12,15,19H,13-14H2,1-2H3,(H,22,24)(H,23,26). The largest absolute Gasteiger partial charge is 0.360 e. The van der Waals surface area contributed by atoms with E-state index in [0.29, 0.717) is 11.7 Å². The van der Waals surface area contributed by atoms with Crippen LogP contribution in [0.1, 0.15) is 31.0 Å². The average Bonchev–Trinajstić information content (AvgIpc) is 3.18. The summed E-state index contributed by atoms with van der Waals surface area (Å²) in [6, 6.07) is 19.8. The average molecular weight is 413 g/mol. The number of rotatable bonds is 9. The van der Waals surface area contributed by atoms with Gasteiger partial charge in [-0.3, -0.25) is 4.79 Å². The Kier molecular flexibility index (Phi) is 7.45. The summed E-state index contributed by atoms with van der Waals surface area (Å²) in [4.78, 5) is 12.6. The van der Waals surface area contributed by atoms with Crippen molar-refractivity contribution in [2.24, 2.45) is 5.92 Å². The Morgan fingerprint density at radius 3 is 2.18 bits per heavy atom. The van der Waals surface area contributed by atoms with Crippen molar-refractivity contribution in [1.29, 1.82) is 0 Å². The Balaban J connectivity index is 1.60. The van der Waals surface area contributed by atoms with Crippen LogP contribution in [0.4, 0.5) is 5.13 Å². The normalized spacial score (nSPS) is 11.0. The number of hydrogen-bond acceptors (Lipinski definition) is 6. The maximum atomic E-state index is 12.6. The first-order chi connectivity index (χ1) is 13.6. The Hall–Kier alpha value is -2.38. The summed E-state index contributed by atoms with van der Waals surface area (Å²) in [6.07, 6.45) is 0. The van der Waals surface area contributed by atoms with Crippen LogP contribution in [0.25, 0.3) is 0 Å². The Morgan fingerprint density at radius 1 is 1.00 bits per heavy atom. The topological polar surface area (TPSA) is 66.9 Å². The lowest BCUT2D eigenvalue weighted by Crippen LogP contribution is -2.30. The highest BCUT2D eigenvalue weighted by atomic mass is 32.2. The molecule has 3 aromatic rings. The molecule has 0 aliphatic heterocycles. The monoisotopic (exact) mass is 412 g/mol. The first-order valence-corrected chi connectivity index (χ1v) is 11.0. The summed E-state index contributed by atoms with van der Waals surface area (Å²) in [6.45, 7) is 5.14. The number of carbonyl (C=O) groups is 1. The molecule has 146 valence electrons. The van der Waals surface area contributed by atoms with E-state index in [-0.39, 0.29) is 11.9 Å². The Morgan fingerprint density at radius 2 is 1.61 bits per heavy atom. The zero-order valence-corrected chi connectivity index (χ0v) is 17.6. The van der Waals surface area contributed by atoms with E-state index in [1.807, 2.05) is 60.7 Å². The number of aromatic nitrogens is 2. The minimum atomic E-state index is -0.173. The molecule has 1 heterocycles. The van der Waals surface area contributed by atoms with Crippen LogP contribution < -0.4 is 10.6 Å². The third-order valence-electron chi connectivity index (χ3n) is 3.97. The molecule has 0 saturated heterocycles. The second-order valence-corrected chi connectivity index (χ2v) is 8.96. The molecule has 28 heavy (non-hydrogen) atoms. The molecule has 0 atom stereocenters. The maximum absolute atomic E-state index is 12.6. The van der Waals surface area contributed by atoms with Crippen molar-refractivity contribution in [2.75, 3.05) is 17.6 Å². The van der Waals surface area contributed by atoms with Crippen molar-refractivity contribution < 1.29 is 4.79 Å². The lowest BCUT2D eigenvalue weighted by molar-refractivity contribution is -0.119. The number of amides is 1. The van der Waals surface area contributed by atoms with Gasteiger partial charge in [-0.1, -0.05) is 97.6 Å². The van der Waals surface area contributed by atoms with Gasteiger partial charge < -0.3 is 10.6 Å². The van der Waals surface area contributed by atoms with Gasteiger partial charge in [0.25, 0.3) is 0 Å². The lowest BCUT2D eigenvalue weighted by atomic mass is 9.99. The van der Waals surface area contributed by atoms with Crippen LogP contribution in [0, 0.1) is 5.92 Å². The molecule has 7 heteroatoms. The Labute approximate surface area is 174 Å². The van der Waals surface area contributed by atoms with E-state index in [0.717, 1.165) is 27.1 Å². The fourth-order valence-electron chi connectivity index (χ4n) is 2.61. The molecule has 3 rings (SSSR count). The summed E-state index contributed by atoms with van der Waals surface area (Å²) < 4.78 is 0.789. The van der Waals surface area contributed by atoms with Crippen LogP contribution in [0.3, 0.4) is 0 Å². The number of carbonyl (C=O) groups excluding carboxylic acids is 1. The first kappa shape index (κ1) is 20.4. The molecule has 2 N–H and O–H groups in total. The molecule has 1 aromatic heterocycles. The fourth-order valence-corrected chi connectivity index (χ4v) is 4.18. The highest BCUT2D eigenvalue weighted by Crippen LogP contribution is 2.26. The van der Waals surface area contributed by atoms with E-state index in [9.17, 15) is 4.79 Å². The summed E-state index contributed by atoms with van der Waals surface area (Å²) in [7, 11) is 0. The maximum Gasteiger partial charge on any atom is 0.231 e. The van der Waals surface area contributed by atoms with Crippen LogP contribution in [0.5, 0.6) is 0 Å². The molecule has 0 aliphatic rings. The van der Waals surface area contributed by atoms with Gasteiger partial charge in [-0.05, 0) is 17.0 Å². The molecule has 0 saturated carbocycles. The van der Waals surface area contributed by atoms with Crippen molar-refractivity contribution in [3.05, 3.63) is 71.8 Å². The number of benzene rings is 2. The van der Waals surface area contributed by atoms with E-state index in [1.54, 1.807) is 0 Å². The predicted octanol–water partition coefficient (Wildman–Crippen LogP) is 4.60. The Bertz CT molecular complexity index is 829. The number of nitrogens with one attached hydrogen (secondary N) is 2. The van der Waals surface area contributed by atoms with Crippen LogP contribution in [0.15, 0.2) is 65.0 Å². The van der Waals surface area contributed by atoms with E-state index < -0.39 is 0 Å². The molecule has 5 nitrogen and oxygen atoms in total. The van der Waals surface area contributed by atoms with Gasteiger partial charge in [-0.25, -0.2) is 0 Å². The molecule has 0 fully saturated rings. The van der Waals surface area contributed by atoms with Gasteiger partial charge in [0.15, 0.2) is 4.34 Å². The third kappa shape index (κ3) is 6.07. The molecular weight excluding hydrogens is 388 g/mol. The van der Waals surface area contributed by atoms with E-state index in [2.05, 4.69) is 34.7 Å². The zero-order chi connectivity index (χ0) is 19.8. The van der Waals surface area contributed by atoms with Gasteiger partial charge in [0, 0.05) is 6.54 Å². The smallest absolute Gasteiger partial charge is 0.231 e. The van der Waals surface area contributed by atoms with Crippen LogP contribution in [0.2, 0.25) is 0 Å². The van der Waals surface area contributed by atoms with Crippen LogP contribution in [-0.2, 0) is 4.79 Å². The van der Waals surface area contributed by atoms with Gasteiger partial charge in [0.2, 0.25) is 11.0 Å². The van der Waals surface area contributed by atoms with Crippen molar-refractivity contribution in [2.45, 2.75) is 24.2 Å². The highest BCUT2D eigenvalue weighted by molar-refractivity contribution is 8.01. The predicted molar refractivity (Wildman–Crippen MR) is 117 cm³/mol. The van der Waals surface area contributed by atoms with E-state index >= 15 is 0 Å². The summed E-state index contributed by atoms with van der Waals surface area (Å²) in [5, 5.41) is 15.5.